The molecule has 0 saturated heterocycles. The summed E-state index contributed by atoms with van der Waals surface area (Å²) in [6.07, 6.45) is 3.29. The fraction of sp³-hybridized carbons (Fsp3) is 0.500. The number of hydrogen-bond donors (Lipinski definition) is 1. The second kappa shape index (κ2) is 8.03. The van der Waals surface area contributed by atoms with Crippen molar-refractivity contribution in [2.45, 2.75) is 19.9 Å². The number of anilines is 1. The van der Waals surface area contributed by atoms with E-state index in [0.717, 1.165) is 17.8 Å². The quantitative estimate of drug-likeness (QED) is 0.770. The first-order valence-electron chi connectivity index (χ1n) is 6.17. The monoisotopic (exact) mass is 266 g/mol. The largest absolute Gasteiger partial charge is 0.385 e. The van der Waals surface area contributed by atoms with Crippen molar-refractivity contribution in [3.05, 3.63) is 29.8 Å². The Morgan fingerprint density at radius 1 is 1.44 bits per heavy atom. The predicted octanol–water partition coefficient (Wildman–Crippen LogP) is 2.83. The van der Waals surface area contributed by atoms with Gasteiger partial charge in [0.2, 0.25) is 5.91 Å². The Kier molecular flexibility index (Phi) is 6.65. The maximum atomic E-state index is 11.2. The lowest BCUT2D eigenvalue weighted by atomic mass is 10.2. The zero-order valence-electron chi connectivity index (χ0n) is 11.4. The molecule has 0 aliphatic heterocycles. The average Bonchev–Trinajstić information content (AvgIpc) is 2.35. The summed E-state index contributed by atoms with van der Waals surface area (Å²) in [5, 5.41) is 3.41. The molecule has 0 atom stereocenters. The lowest BCUT2D eigenvalue weighted by Crippen LogP contribution is -2.23. The molecule has 0 fully saturated rings. The molecule has 0 aliphatic rings. The molecule has 0 unspecified atom stereocenters. The molecule has 100 valence electrons. The van der Waals surface area contributed by atoms with Gasteiger partial charge < -0.3 is 10.2 Å². The average molecular weight is 266 g/mol. The van der Waals surface area contributed by atoms with E-state index in [1.165, 1.54) is 12.2 Å². The van der Waals surface area contributed by atoms with Crippen LogP contribution in [-0.2, 0) is 11.3 Å². The number of carbonyl (C=O) groups is 1. The maximum Gasteiger partial charge on any atom is 0.219 e. The fourth-order valence-electron chi connectivity index (χ4n) is 1.61. The minimum absolute atomic E-state index is 0.0910. The molecule has 0 bridgehead atoms. The van der Waals surface area contributed by atoms with Crippen LogP contribution in [0.25, 0.3) is 0 Å². The van der Waals surface area contributed by atoms with E-state index in [2.05, 4.69) is 23.7 Å². The third-order valence-electron chi connectivity index (χ3n) is 2.74. The van der Waals surface area contributed by atoms with Crippen LogP contribution in [0.3, 0.4) is 0 Å². The van der Waals surface area contributed by atoms with Gasteiger partial charge in [0, 0.05) is 32.7 Å². The first-order valence-corrected chi connectivity index (χ1v) is 7.56. The van der Waals surface area contributed by atoms with Gasteiger partial charge in [-0.2, -0.15) is 11.8 Å². The lowest BCUT2D eigenvalue weighted by Gasteiger charge is -2.15. The molecule has 0 aliphatic carbocycles. The number of carbonyl (C=O) groups excluding carboxylic acids is 1. The van der Waals surface area contributed by atoms with Crippen LogP contribution in [0.2, 0.25) is 0 Å². The topological polar surface area (TPSA) is 32.3 Å². The molecule has 0 aromatic heterocycles. The van der Waals surface area contributed by atoms with Gasteiger partial charge in [-0.25, -0.2) is 0 Å². The van der Waals surface area contributed by atoms with Crippen LogP contribution in [0, 0.1) is 0 Å². The number of nitrogens with zero attached hydrogens (tertiary/aromatic N) is 1. The third kappa shape index (κ3) is 5.45. The molecule has 1 N–H and O–H groups in total. The molecule has 18 heavy (non-hydrogen) atoms. The molecular weight excluding hydrogens is 244 g/mol. The summed E-state index contributed by atoms with van der Waals surface area (Å²) in [6.45, 7) is 3.24. The van der Waals surface area contributed by atoms with Gasteiger partial charge in [-0.05, 0) is 36.1 Å². The van der Waals surface area contributed by atoms with Crippen molar-refractivity contribution in [2.24, 2.45) is 0 Å². The zero-order chi connectivity index (χ0) is 13.4. The molecule has 3 nitrogen and oxygen atoms in total. The Hall–Kier alpha value is -1.16. The molecule has 1 amide bonds. The molecular formula is C14H22N2OS. The van der Waals surface area contributed by atoms with Gasteiger partial charge in [0.05, 0.1) is 0 Å². The van der Waals surface area contributed by atoms with E-state index in [1.54, 1.807) is 11.8 Å². The summed E-state index contributed by atoms with van der Waals surface area (Å²) in [4.78, 5) is 12.9. The van der Waals surface area contributed by atoms with E-state index in [4.69, 9.17) is 0 Å². The summed E-state index contributed by atoms with van der Waals surface area (Å²) in [5.74, 6) is 1.27. The molecule has 0 heterocycles. The van der Waals surface area contributed by atoms with Crippen LogP contribution < -0.4 is 5.32 Å². The van der Waals surface area contributed by atoms with Gasteiger partial charge in [0.1, 0.15) is 0 Å². The van der Waals surface area contributed by atoms with E-state index < -0.39 is 0 Å². The third-order valence-corrected chi connectivity index (χ3v) is 3.44. The first-order chi connectivity index (χ1) is 8.63. The highest BCUT2D eigenvalue weighted by Crippen LogP contribution is 2.12. The van der Waals surface area contributed by atoms with Crippen molar-refractivity contribution in [1.29, 1.82) is 0 Å². The van der Waals surface area contributed by atoms with Crippen molar-refractivity contribution in [3.63, 3.8) is 0 Å². The lowest BCUT2D eigenvalue weighted by molar-refractivity contribution is -0.128. The Morgan fingerprint density at radius 3 is 2.89 bits per heavy atom. The standard InChI is InChI=1S/C14H22N2OS/c1-12(17)16(2)11-13-6-4-7-14(10-13)15-8-5-9-18-3/h4,6-7,10,15H,5,8-9,11H2,1-3H3. The Balaban J connectivity index is 2.48. The molecule has 1 aromatic rings. The maximum absolute atomic E-state index is 11.2. The molecule has 4 heteroatoms. The smallest absolute Gasteiger partial charge is 0.219 e. The van der Waals surface area contributed by atoms with E-state index in [-0.39, 0.29) is 5.91 Å². The highest BCUT2D eigenvalue weighted by molar-refractivity contribution is 7.98. The van der Waals surface area contributed by atoms with Gasteiger partial charge >= 0.3 is 0 Å². The second-order valence-electron chi connectivity index (χ2n) is 4.35. The summed E-state index contributed by atoms with van der Waals surface area (Å²) in [7, 11) is 1.82. The normalized spacial score (nSPS) is 10.2. The molecule has 0 saturated carbocycles. The van der Waals surface area contributed by atoms with Gasteiger partial charge in [0.25, 0.3) is 0 Å². The van der Waals surface area contributed by atoms with Gasteiger partial charge in [-0.15, -0.1) is 0 Å². The highest BCUT2D eigenvalue weighted by atomic mass is 32.2. The van der Waals surface area contributed by atoms with E-state index in [1.807, 2.05) is 30.9 Å². The number of thioether (sulfide) groups is 1. The van der Waals surface area contributed by atoms with Crippen LogP contribution in [0.4, 0.5) is 5.69 Å². The van der Waals surface area contributed by atoms with Crippen molar-refractivity contribution in [1.82, 2.24) is 4.90 Å². The number of rotatable bonds is 7. The summed E-state index contributed by atoms with van der Waals surface area (Å²) >= 11 is 1.87. The second-order valence-corrected chi connectivity index (χ2v) is 5.33. The number of amides is 1. The van der Waals surface area contributed by atoms with Crippen LogP contribution in [-0.4, -0.2) is 36.4 Å². The van der Waals surface area contributed by atoms with E-state index in [0.29, 0.717) is 6.54 Å². The van der Waals surface area contributed by atoms with Crippen LogP contribution in [0.15, 0.2) is 24.3 Å². The van der Waals surface area contributed by atoms with Crippen molar-refractivity contribution in [2.75, 3.05) is 30.9 Å². The Morgan fingerprint density at radius 2 is 2.22 bits per heavy atom. The SMILES string of the molecule is CSCCCNc1cccc(CN(C)C(C)=O)c1. The number of hydrogen-bond acceptors (Lipinski definition) is 3. The minimum atomic E-state index is 0.0910. The van der Waals surface area contributed by atoms with Gasteiger partial charge in [-0.1, -0.05) is 12.1 Å². The van der Waals surface area contributed by atoms with Crippen LogP contribution >= 0.6 is 11.8 Å². The molecule has 1 aromatic carbocycles. The highest BCUT2D eigenvalue weighted by Gasteiger charge is 2.03. The van der Waals surface area contributed by atoms with Crippen molar-refractivity contribution >= 4 is 23.4 Å². The molecule has 0 spiro atoms. The van der Waals surface area contributed by atoms with Crippen LogP contribution in [0.5, 0.6) is 0 Å². The van der Waals surface area contributed by atoms with Crippen molar-refractivity contribution < 1.29 is 4.79 Å². The van der Waals surface area contributed by atoms with E-state index >= 15 is 0 Å². The predicted molar refractivity (Wildman–Crippen MR) is 80.1 cm³/mol. The fourth-order valence-corrected chi connectivity index (χ4v) is 2.05. The molecule has 0 radical (unpaired) electrons. The van der Waals surface area contributed by atoms with E-state index in [9.17, 15) is 4.79 Å². The Bertz CT molecular complexity index is 382. The summed E-state index contributed by atoms with van der Waals surface area (Å²) in [5.41, 5.74) is 2.29. The number of benzene rings is 1. The number of nitrogens with one attached hydrogen (secondary N) is 1. The van der Waals surface area contributed by atoms with Gasteiger partial charge in [-0.3, -0.25) is 4.79 Å². The summed E-state index contributed by atoms with van der Waals surface area (Å²) < 4.78 is 0. The first kappa shape index (κ1) is 14.9. The minimum Gasteiger partial charge on any atom is -0.385 e. The Labute approximate surface area is 114 Å². The van der Waals surface area contributed by atoms with Crippen molar-refractivity contribution in [3.8, 4) is 0 Å². The zero-order valence-corrected chi connectivity index (χ0v) is 12.2. The molecule has 1 rings (SSSR count). The van der Waals surface area contributed by atoms with Gasteiger partial charge in [0.15, 0.2) is 0 Å². The van der Waals surface area contributed by atoms with Crippen LogP contribution in [0.1, 0.15) is 18.9 Å². The summed E-state index contributed by atoms with van der Waals surface area (Å²) in [6, 6.07) is 8.25.